The molecule has 0 unspecified atom stereocenters. The Balaban J connectivity index is 0.000000686. The number of piperidine rings is 2. The maximum atomic E-state index is 2.61. The van der Waals surface area contributed by atoms with E-state index < -0.39 is 0 Å². The fourth-order valence-electron chi connectivity index (χ4n) is 3.19. The van der Waals surface area contributed by atoms with E-state index in [9.17, 15) is 0 Å². The van der Waals surface area contributed by atoms with Gasteiger partial charge in [0.05, 0.1) is 0 Å². The van der Waals surface area contributed by atoms with E-state index in [4.69, 9.17) is 0 Å². The summed E-state index contributed by atoms with van der Waals surface area (Å²) in [5, 5.41) is 0. The van der Waals surface area contributed by atoms with Crippen LogP contribution in [0.5, 0.6) is 0 Å². The van der Waals surface area contributed by atoms with Crippen LogP contribution in [-0.2, 0) is 0 Å². The zero-order valence-electron chi connectivity index (χ0n) is 12.5. The highest BCUT2D eigenvalue weighted by molar-refractivity contribution is 4.90. The average Bonchev–Trinajstić information content (AvgIpc) is 2.43. The molecule has 102 valence electrons. The van der Waals surface area contributed by atoms with Crippen molar-refractivity contribution >= 4 is 0 Å². The predicted molar refractivity (Wildman–Crippen MR) is 76.5 cm³/mol. The third-order valence-corrected chi connectivity index (χ3v) is 4.73. The molecule has 17 heavy (non-hydrogen) atoms. The Bertz CT molecular complexity index is 162. The standard InChI is InChI=1S/C13H26N2.C2H6/c1-3-14-9-5-13(6-10-14)7-11-15(4-2)12-8-13;1-2/h3-12H2,1-2H3;1-2H3. The van der Waals surface area contributed by atoms with Crippen LogP contribution < -0.4 is 0 Å². The molecule has 2 heteroatoms. The number of rotatable bonds is 2. The highest BCUT2D eigenvalue weighted by Gasteiger charge is 2.36. The zero-order chi connectivity index (χ0) is 12.7. The fraction of sp³-hybridized carbons (Fsp3) is 1.00. The molecular formula is C15H32N2. The summed E-state index contributed by atoms with van der Waals surface area (Å²) in [6, 6.07) is 0. The van der Waals surface area contributed by atoms with Gasteiger partial charge in [0.2, 0.25) is 0 Å². The van der Waals surface area contributed by atoms with Crippen molar-refractivity contribution in [2.75, 3.05) is 39.3 Å². The smallest absolute Gasteiger partial charge is 0.00135 e. The van der Waals surface area contributed by atoms with Crippen LogP contribution in [0.15, 0.2) is 0 Å². The maximum Gasteiger partial charge on any atom is -0.00135 e. The van der Waals surface area contributed by atoms with Gasteiger partial charge in [-0.05, 0) is 70.4 Å². The molecule has 2 nitrogen and oxygen atoms in total. The van der Waals surface area contributed by atoms with Crippen molar-refractivity contribution in [2.45, 2.75) is 53.4 Å². The second kappa shape index (κ2) is 7.38. The molecule has 0 aromatic carbocycles. The highest BCUT2D eigenvalue weighted by Crippen LogP contribution is 2.40. The quantitative estimate of drug-likeness (QED) is 0.731. The van der Waals surface area contributed by atoms with E-state index in [1.165, 1.54) is 65.0 Å². The Morgan fingerprint density at radius 1 is 0.706 bits per heavy atom. The number of hydrogen-bond acceptors (Lipinski definition) is 2. The van der Waals surface area contributed by atoms with Gasteiger partial charge in [0.1, 0.15) is 0 Å². The van der Waals surface area contributed by atoms with Crippen LogP contribution >= 0.6 is 0 Å². The Labute approximate surface area is 108 Å². The van der Waals surface area contributed by atoms with E-state index in [1.807, 2.05) is 13.8 Å². The van der Waals surface area contributed by atoms with Gasteiger partial charge in [0.15, 0.2) is 0 Å². The molecule has 0 atom stereocenters. The molecule has 0 bridgehead atoms. The normalized spacial score (nSPS) is 25.4. The third kappa shape index (κ3) is 3.96. The van der Waals surface area contributed by atoms with Gasteiger partial charge in [-0.15, -0.1) is 0 Å². The third-order valence-electron chi connectivity index (χ3n) is 4.73. The SMILES string of the molecule is CC.CCN1CCC2(CC1)CCN(CC)CC2. The summed E-state index contributed by atoms with van der Waals surface area (Å²) in [6.45, 7) is 16.5. The molecule has 1 spiro atoms. The Hall–Kier alpha value is -0.0800. The fourth-order valence-corrected chi connectivity index (χ4v) is 3.19. The first kappa shape index (κ1) is 15.0. The molecule has 0 aromatic rings. The predicted octanol–water partition coefficient (Wildman–Crippen LogP) is 3.23. The lowest BCUT2D eigenvalue weighted by Gasteiger charge is -2.46. The molecule has 2 aliphatic rings. The molecule has 0 aliphatic carbocycles. The summed E-state index contributed by atoms with van der Waals surface area (Å²) in [7, 11) is 0. The van der Waals surface area contributed by atoms with Crippen molar-refractivity contribution < 1.29 is 0 Å². The van der Waals surface area contributed by atoms with Gasteiger partial charge in [-0.3, -0.25) is 0 Å². The first-order valence-electron chi connectivity index (χ1n) is 7.73. The van der Waals surface area contributed by atoms with Crippen LogP contribution in [0.1, 0.15) is 53.4 Å². The Morgan fingerprint density at radius 3 is 1.24 bits per heavy atom. The summed E-state index contributed by atoms with van der Waals surface area (Å²) in [4.78, 5) is 5.22. The summed E-state index contributed by atoms with van der Waals surface area (Å²) in [6.07, 6.45) is 5.83. The number of likely N-dealkylation sites (tertiary alicyclic amines) is 2. The average molecular weight is 240 g/mol. The molecule has 2 saturated heterocycles. The molecular weight excluding hydrogens is 208 g/mol. The van der Waals surface area contributed by atoms with E-state index >= 15 is 0 Å². The largest absolute Gasteiger partial charge is 0.304 e. The van der Waals surface area contributed by atoms with Crippen LogP contribution in [0.2, 0.25) is 0 Å². The van der Waals surface area contributed by atoms with Gasteiger partial charge < -0.3 is 9.80 Å². The van der Waals surface area contributed by atoms with Crippen molar-refractivity contribution in [3.05, 3.63) is 0 Å². The monoisotopic (exact) mass is 240 g/mol. The number of nitrogens with zero attached hydrogens (tertiary/aromatic N) is 2. The van der Waals surface area contributed by atoms with E-state index in [1.54, 1.807) is 0 Å². The van der Waals surface area contributed by atoms with Crippen molar-refractivity contribution in [1.82, 2.24) is 9.80 Å². The molecule has 2 aliphatic heterocycles. The first-order valence-corrected chi connectivity index (χ1v) is 7.73. The van der Waals surface area contributed by atoms with Crippen LogP contribution in [-0.4, -0.2) is 49.1 Å². The highest BCUT2D eigenvalue weighted by atomic mass is 15.1. The van der Waals surface area contributed by atoms with Crippen LogP contribution in [0.4, 0.5) is 0 Å². The van der Waals surface area contributed by atoms with E-state index in [-0.39, 0.29) is 0 Å². The maximum absolute atomic E-state index is 2.61. The molecule has 2 fully saturated rings. The lowest BCUT2D eigenvalue weighted by Crippen LogP contribution is -2.46. The molecule has 0 N–H and O–H groups in total. The van der Waals surface area contributed by atoms with Gasteiger partial charge in [-0.25, -0.2) is 0 Å². The Kier molecular flexibility index (Phi) is 6.50. The molecule has 0 radical (unpaired) electrons. The second-order valence-electron chi connectivity index (χ2n) is 5.37. The van der Waals surface area contributed by atoms with Crippen LogP contribution in [0.3, 0.4) is 0 Å². The van der Waals surface area contributed by atoms with Crippen LogP contribution in [0.25, 0.3) is 0 Å². The summed E-state index contributed by atoms with van der Waals surface area (Å²) in [5.41, 5.74) is 0.733. The molecule has 0 aromatic heterocycles. The lowest BCUT2D eigenvalue weighted by molar-refractivity contribution is 0.0384. The second-order valence-corrected chi connectivity index (χ2v) is 5.37. The molecule has 2 heterocycles. The molecule has 2 rings (SSSR count). The van der Waals surface area contributed by atoms with Crippen molar-refractivity contribution in [3.63, 3.8) is 0 Å². The summed E-state index contributed by atoms with van der Waals surface area (Å²) < 4.78 is 0. The van der Waals surface area contributed by atoms with Crippen LogP contribution in [0, 0.1) is 5.41 Å². The first-order chi connectivity index (χ1) is 8.28. The minimum atomic E-state index is 0.733. The summed E-state index contributed by atoms with van der Waals surface area (Å²) in [5.74, 6) is 0. The van der Waals surface area contributed by atoms with E-state index in [0.717, 1.165) is 5.41 Å². The van der Waals surface area contributed by atoms with Crippen molar-refractivity contribution in [1.29, 1.82) is 0 Å². The van der Waals surface area contributed by atoms with Gasteiger partial charge in [0, 0.05) is 0 Å². The summed E-state index contributed by atoms with van der Waals surface area (Å²) >= 11 is 0. The topological polar surface area (TPSA) is 6.48 Å². The number of hydrogen-bond donors (Lipinski definition) is 0. The van der Waals surface area contributed by atoms with Gasteiger partial charge in [0.25, 0.3) is 0 Å². The zero-order valence-corrected chi connectivity index (χ0v) is 12.5. The lowest BCUT2D eigenvalue weighted by atomic mass is 9.71. The minimum Gasteiger partial charge on any atom is -0.304 e. The minimum absolute atomic E-state index is 0.733. The van der Waals surface area contributed by atoms with E-state index in [0.29, 0.717) is 0 Å². The van der Waals surface area contributed by atoms with E-state index in [2.05, 4.69) is 23.6 Å². The van der Waals surface area contributed by atoms with Gasteiger partial charge in [-0.1, -0.05) is 27.7 Å². The van der Waals surface area contributed by atoms with Gasteiger partial charge >= 0.3 is 0 Å². The Morgan fingerprint density at radius 2 is 1.00 bits per heavy atom. The van der Waals surface area contributed by atoms with Gasteiger partial charge in [-0.2, -0.15) is 0 Å². The van der Waals surface area contributed by atoms with Crippen molar-refractivity contribution in [3.8, 4) is 0 Å². The van der Waals surface area contributed by atoms with Crippen molar-refractivity contribution in [2.24, 2.45) is 5.41 Å². The molecule has 0 amide bonds. The molecule has 0 saturated carbocycles.